The number of anilines is 2. The number of pyridine rings is 1. The van der Waals surface area contributed by atoms with Crippen LogP contribution >= 0.6 is 11.3 Å². The molecule has 0 saturated carbocycles. The van der Waals surface area contributed by atoms with Gasteiger partial charge in [-0.3, -0.25) is 4.79 Å². The molecule has 2 aromatic heterocycles. The highest BCUT2D eigenvalue weighted by Gasteiger charge is 2.24. The Balaban J connectivity index is 2.03. The van der Waals surface area contributed by atoms with Gasteiger partial charge in [0.15, 0.2) is 0 Å². The van der Waals surface area contributed by atoms with Crippen molar-refractivity contribution >= 4 is 39.0 Å². The molecule has 0 unspecified atom stereocenters. The number of nitrogens with zero attached hydrogens (tertiary/aromatic N) is 2. The van der Waals surface area contributed by atoms with Crippen molar-refractivity contribution < 1.29 is 4.79 Å². The number of fused-ring (bicyclic) bond motifs is 1. The number of carbonyl (C=O) groups is 1. The van der Waals surface area contributed by atoms with E-state index in [4.69, 9.17) is 11.5 Å². The molecule has 6 nitrogen and oxygen atoms in total. The van der Waals surface area contributed by atoms with Crippen molar-refractivity contribution in [3.8, 4) is 6.07 Å². The molecular formula is C19H19N5OS. The van der Waals surface area contributed by atoms with Gasteiger partial charge in [-0.1, -0.05) is 44.2 Å². The molecule has 0 saturated heterocycles. The smallest absolute Gasteiger partial charge is 0.263 e. The largest absolute Gasteiger partial charge is 0.397 e. The number of nitrogens with two attached hydrogens (primary N) is 2. The van der Waals surface area contributed by atoms with Crippen LogP contribution in [0.4, 0.5) is 11.5 Å². The quantitative estimate of drug-likeness (QED) is 0.655. The summed E-state index contributed by atoms with van der Waals surface area (Å²) in [6.07, 6.45) is 0. The predicted molar refractivity (Wildman–Crippen MR) is 105 cm³/mol. The molecular weight excluding hydrogens is 346 g/mol. The van der Waals surface area contributed by atoms with Crippen LogP contribution in [0.1, 0.15) is 46.1 Å². The van der Waals surface area contributed by atoms with E-state index >= 15 is 0 Å². The minimum Gasteiger partial charge on any atom is -0.397 e. The van der Waals surface area contributed by atoms with Gasteiger partial charge in [0.05, 0.1) is 11.3 Å². The summed E-state index contributed by atoms with van der Waals surface area (Å²) in [7, 11) is 0. The summed E-state index contributed by atoms with van der Waals surface area (Å²) >= 11 is 1.19. The third kappa shape index (κ3) is 3.07. The molecule has 3 rings (SSSR count). The fourth-order valence-corrected chi connectivity index (χ4v) is 3.96. The van der Waals surface area contributed by atoms with E-state index in [-0.39, 0.29) is 17.6 Å². The first-order valence-corrected chi connectivity index (χ1v) is 8.99. The third-order valence-corrected chi connectivity index (χ3v) is 5.23. The summed E-state index contributed by atoms with van der Waals surface area (Å²) in [4.78, 5) is 17.9. The van der Waals surface area contributed by atoms with E-state index in [1.807, 2.05) is 44.2 Å². The van der Waals surface area contributed by atoms with Crippen LogP contribution in [0, 0.1) is 11.3 Å². The van der Waals surface area contributed by atoms with Crippen LogP contribution in [0.2, 0.25) is 0 Å². The normalized spacial score (nSPS) is 10.8. The molecule has 1 amide bonds. The molecule has 7 heteroatoms. The van der Waals surface area contributed by atoms with Crippen molar-refractivity contribution in [1.29, 1.82) is 5.26 Å². The molecule has 0 fully saturated rings. The van der Waals surface area contributed by atoms with Gasteiger partial charge in [0.25, 0.3) is 5.91 Å². The van der Waals surface area contributed by atoms with Crippen LogP contribution in [0.25, 0.3) is 10.2 Å². The number of carbonyl (C=O) groups excluding carboxylic acids is 1. The second-order valence-electron chi connectivity index (χ2n) is 6.25. The Labute approximate surface area is 155 Å². The Morgan fingerprint density at radius 2 is 2.00 bits per heavy atom. The number of thiophene rings is 1. The molecule has 132 valence electrons. The molecule has 0 spiro atoms. The van der Waals surface area contributed by atoms with Gasteiger partial charge in [-0.15, -0.1) is 11.3 Å². The SMILES string of the molecule is CC(C)c1c(C#N)c(N)nc2sc(C(=O)NCc3ccccc3)c(N)c12. The van der Waals surface area contributed by atoms with Crippen molar-refractivity contribution in [1.82, 2.24) is 10.3 Å². The summed E-state index contributed by atoms with van der Waals surface area (Å²) in [5.41, 5.74) is 14.6. The zero-order valence-electron chi connectivity index (χ0n) is 14.5. The van der Waals surface area contributed by atoms with Crippen LogP contribution < -0.4 is 16.8 Å². The Bertz CT molecular complexity index is 1020. The molecule has 1 aromatic carbocycles. The maximum Gasteiger partial charge on any atom is 0.263 e. The number of nitrogens with one attached hydrogen (secondary N) is 1. The molecule has 3 aromatic rings. The fourth-order valence-electron chi connectivity index (χ4n) is 2.92. The summed E-state index contributed by atoms with van der Waals surface area (Å²) < 4.78 is 0. The van der Waals surface area contributed by atoms with Crippen LogP contribution in [-0.4, -0.2) is 10.9 Å². The molecule has 0 aliphatic rings. The van der Waals surface area contributed by atoms with Crippen LogP contribution in [0.15, 0.2) is 30.3 Å². The van der Waals surface area contributed by atoms with Gasteiger partial charge >= 0.3 is 0 Å². The molecule has 0 bridgehead atoms. The van der Waals surface area contributed by atoms with Gasteiger partial charge < -0.3 is 16.8 Å². The van der Waals surface area contributed by atoms with Gasteiger partial charge in [0, 0.05) is 11.9 Å². The first kappa shape index (κ1) is 17.7. The minimum absolute atomic E-state index is 0.0228. The van der Waals surface area contributed by atoms with E-state index in [0.29, 0.717) is 32.9 Å². The molecule has 26 heavy (non-hydrogen) atoms. The monoisotopic (exact) mass is 365 g/mol. The number of hydrogen-bond donors (Lipinski definition) is 3. The lowest BCUT2D eigenvalue weighted by atomic mass is 9.95. The van der Waals surface area contributed by atoms with E-state index in [1.54, 1.807) is 0 Å². The van der Waals surface area contributed by atoms with Crippen LogP contribution in [-0.2, 0) is 6.54 Å². The maximum absolute atomic E-state index is 12.6. The third-order valence-electron chi connectivity index (χ3n) is 4.13. The number of amides is 1. The van der Waals surface area contributed by atoms with E-state index in [9.17, 15) is 10.1 Å². The van der Waals surface area contributed by atoms with Crippen molar-refractivity contribution in [2.24, 2.45) is 0 Å². The lowest BCUT2D eigenvalue weighted by Crippen LogP contribution is -2.22. The first-order chi connectivity index (χ1) is 12.4. The highest BCUT2D eigenvalue weighted by atomic mass is 32.1. The maximum atomic E-state index is 12.6. The van der Waals surface area contributed by atoms with E-state index < -0.39 is 0 Å². The number of nitriles is 1. The average Bonchev–Trinajstić information content (AvgIpc) is 2.95. The second-order valence-corrected chi connectivity index (χ2v) is 7.24. The summed E-state index contributed by atoms with van der Waals surface area (Å²) in [5, 5.41) is 13.0. The van der Waals surface area contributed by atoms with E-state index in [2.05, 4.69) is 16.4 Å². The molecule has 5 N–H and O–H groups in total. The van der Waals surface area contributed by atoms with Crippen molar-refractivity contribution in [2.45, 2.75) is 26.3 Å². The zero-order chi connectivity index (χ0) is 18.8. The summed E-state index contributed by atoms with van der Waals surface area (Å²) in [5.74, 6) is -0.0723. The van der Waals surface area contributed by atoms with Gasteiger partial charge in [0.2, 0.25) is 0 Å². The average molecular weight is 365 g/mol. The number of aromatic nitrogens is 1. The Morgan fingerprint density at radius 1 is 1.31 bits per heavy atom. The topological polar surface area (TPSA) is 118 Å². The Kier molecular flexibility index (Phi) is 4.78. The Hall–Kier alpha value is -3.11. The fraction of sp³-hybridized carbons (Fsp3) is 0.211. The number of nitrogen functional groups attached to an aromatic ring is 2. The van der Waals surface area contributed by atoms with Crippen molar-refractivity contribution in [3.05, 3.63) is 51.9 Å². The minimum atomic E-state index is -0.263. The zero-order valence-corrected chi connectivity index (χ0v) is 15.4. The highest BCUT2D eigenvalue weighted by Crippen LogP contribution is 2.40. The molecule has 0 aliphatic heterocycles. The summed E-state index contributed by atoms with van der Waals surface area (Å²) in [6.45, 7) is 4.33. The predicted octanol–water partition coefficient (Wildman–Crippen LogP) is 3.39. The lowest BCUT2D eigenvalue weighted by Gasteiger charge is -2.12. The molecule has 0 radical (unpaired) electrons. The number of rotatable bonds is 4. The first-order valence-electron chi connectivity index (χ1n) is 8.17. The van der Waals surface area contributed by atoms with Crippen LogP contribution in [0.5, 0.6) is 0 Å². The van der Waals surface area contributed by atoms with Crippen LogP contribution in [0.3, 0.4) is 0 Å². The molecule has 0 aliphatic carbocycles. The van der Waals surface area contributed by atoms with Crippen molar-refractivity contribution in [2.75, 3.05) is 11.5 Å². The molecule has 0 atom stereocenters. The number of hydrogen-bond acceptors (Lipinski definition) is 6. The van der Waals surface area contributed by atoms with E-state index in [1.165, 1.54) is 11.3 Å². The summed E-state index contributed by atoms with van der Waals surface area (Å²) in [6, 6.07) is 11.7. The van der Waals surface area contributed by atoms with Gasteiger partial charge in [-0.25, -0.2) is 4.98 Å². The molecule has 2 heterocycles. The second kappa shape index (κ2) is 7.02. The number of benzene rings is 1. The van der Waals surface area contributed by atoms with Gasteiger partial charge in [0.1, 0.15) is 21.6 Å². The lowest BCUT2D eigenvalue weighted by molar-refractivity contribution is 0.0956. The highest BCUT2D eigenvalue weighted by molar-refractivity contribution is 7.21. The van der Waals surface area contributed by atoms with Crippen molar-refractivity contribution in [3.63, 3.8) is 0 Å². The standard InChI is InChI=1S/C19H19N5OS/c1-10(2)13-12(8-20)17(22)24-19-14(13)15(21)16(26-19)18(25)23-9-11-6-4-3-5-7-11/h3-7,10H,9,21H2,1-2H3,(H2,22,24)(H,23,25). The Morgan fingerprint density at radius 3 is 2.62 bits per heavy atom. The van der Waals surface area contributed by atoms with E-state index in [0.717, 1.165) is 11.1 Å². The van der Waals surface area contributed by atoms with Gasteiger partial charge in [-0.2, -0.15) is 5.26 Å². The van der Waals surface area contributed by atoms with Gasteiger partial charge in [-0.05, 0) is 17.0 Å².